The summed E-state index contributed by atoms with van der Waals surface area (Å²) in [6.07, 6.45) is 0.417. The molecule has 12 heteroatoms. The first-order valence-electron chi connectivity index (χ1n) is 18.4. The van der Waals surface area contributed by atoms with Gasteiger partial charge in [-0.25, -0.2) is 0 Å². The number of benzene rings is 6. The van der Waals surface area contributed by atoms with Crippen LogP contribution in [0.15, 0.2) is 150 Å². The van der Waals surface area contributed by atoms with Crippen LogP contribution in [0.1, 0.15) is 43.0 Å². The Labute approximate surface area is 347 Å². The summed E-state index contributed by atoms with van der Waals surface area (Å²) in [5.41, 5.74) is 19.9. The molecule has 0 radical (unpaired) electrons. The molecule has 58 heavy (non-hydrogen) atoms. The van der Waals surface area contributed by atoms with E-state index in [1.54, 1.807) is 54.6 Å². The summed E-state index contributed by atoms with van der Waals surface area (Å²) in [5, 5.41) is 22.5. The molecule has 6 aromatic rings. The summed E-state index contributed by atoms with van der Waals surface area (Å²) in [6, 6.07) is 44.1. The van der Waals surface area contributed by atoms with Crippen LogP contribution in [-0.2, 0) is 22.4 Å². The van der Waals surface area contributed by atoms with E-state index < -0.39 is 7.12 Å². The lowest BCUT2D eigenvalue weighted by molar-refractivity contribution is -0.118. The van der Waals surface area contributed by atoms with Gasteiger partial charge in [0.25, 0.3) is 11.8 Å². The molecule has 10 nitrogen and oxygen atoms in total. The predicted octanol–water partition coefficient (Wildman–Crippen LogP) is 6.03. The Bertz CT molecular complexity index is 2320. The van der Waals surface area contributed by atoms with Crippen LogP contribution in [0.25, 0.3) is 11.1 Å². The highest BCUT2D eigenvalue weighted by atomic mass is 79.9. The number of hydrogen-bond acceptors (Lipinski definition) is 8. The molecule has 0 fully saturated rings. The minimum atomic E-state index is -1.34. The van der Waals surface area contributed by atoms with Crippen LogP contribution >= 0.6 is 15.9 Å². The summed E-state index contributed by atoms with van der Waals surface area (Å²) in [7, 11) is -1.34. The summed E-state index contributed by atoms with van der Waals surface area (Å²) in [4.78, 5) is 48.9. The number of Topliss-reactive ketones (excluding diaryl/α,β-unsaturated/α-hetero) is 2. The van der Waals surface area contributed by atoms with Crippen LogP contribution in [0.4, 0.5) is 11.4 Å². The number of hydrogen-bond donors (Lipinski definition) is 6. The van der Waals surface area contributed by atoms with Crippen LogP contribution < -0.4 is 27.6 Å². The van der Waals surface area contributed by atoms with Crippen molar-refractivity contribution >= 4 is 63.3 Å². The molecule has 0 atom stereocenters. The molecule has 0 aliphatic carbocycles. The molecular formula is C46H46BBrN4O6. The minimum absolute atomic E-state index is 0.0148. The zero-order valence-corrected chi connectivity index (χ0v) is 33.9. The van der Waals surface area contributed by atoms with Gasteiger partial charge in [0.15, 0.2) is 11.6 Å². The molecule has 0 unspecified atom stereocenters. The number of carbonyl (C=O) groups is 4. The second-order valence-corrected chi connectivity index (χ2v) is 14.1. The van der Waals surface area contributed by atoms with Crippen LogP contribution in [0.3, 0.4) is 0 Å². The molecule has 0 saturated carbocycles. The number of carbonyl (C=O) groups excluding carboxylic acids is 4. The number of anilines is 2. The number of rotatable bonds is 12. The third-order valence-electron chi connectivity index (χ3n) is 9.05. The molecular weight excluding hydrogens is 795 g/mol. The van der Waals surface area contributed by atoms with Gasteiger partial charge in [0.2, 0.25) is 0 Å². The smallest absolute Gasteiger partial charge is 0.423 e. The molecule has 0 saturated heterocycles. The van der Waals surface area contributed by atoms with E-state index in [1.807, 2.05) is 105 Å². The minimum Gasteiger partial charge on any atom is -0.423 e. The van der Waals surface area contributed by atoms with Gasteiger partial charge in [0.1, 0.15) is 0 Å². The Hall–Kier alpha value is -6.34. The standard InChI is InChI=1S/C23H22N2O2.C17H17BrN2O2.C6H7BO2/c1-16-20(17-8-3-2-4-9-17)11-7-12-21(16)23(27)25-15-19(26)14-18-10-5-6-13-22(18)24;1-11-14(6-4-7-15(11)18)17(22)20-10-13(21)9-12-5-2-3-8-16(12)19;8-7(9)6-4-2-1-3-5-6/h2-13H,14-15,24H2,1H3,(H,25,27);2-8H,9-10,19H2,1H3,(H,20,22);1-5,8-9H. The van der Waals surface area contributed by atoms with E-state index in [-0.39, 0.29) is 49.3 Å². The van der Waals surface area contributed by atoms with E-state index in [1.165, 1.54) is 0 Å². The lowest BCUT2D eigenvalue weighted by Crippen LogP contribution is -2.31. The second-order valence-electron chi connectivity index (χ2n) is 13.2. The summed E-state index contributed by atoms with van der Waals surface area (Å²) < 4.78 is 0.864. The highest BCUT2D eigenvalue weighted by molar-refractivity contribution is 9.10. The first-order valence-corrected chi connectivity index (χ1v) is 19.2. The van der Waals surface area contributed by atoms with Gasteiger partial charge in [-0.05, 0) is 83.0 Å². The molecule has 2 amide bonds. The maximum absolute atomic E-state index is 12.6. The number of nitrogen functional groups attached to an aromatic ring is 2. The maximum Gasteiger partial charge on any atom is 0.488 e. The summed E-state index contributed by atoms with van der Waals surface area (Å²) >= 11 is 3.39. The molecule has 0 heterocycles. The Morgan fingerprint density at radius 3 is 1.45 bits per heavy atom. The van der Waals surface area contributed by atoms with Gasteiger partial charge in [0, 0.05) is 39.8 Å². The lowest BCUT2D eigenvalue weighted by atomic mass is 9.81. The fourth-order valence-corrected chi connectivity index (χ4v) is 6.15. The summed E-state index contributed by atoms with van der Waals surface area (Å²) in [6.45, 7) is 3.73. The van der Waals surface area contributed by atoms with Gasteiger partial charge in [-0.1, -0.05) is 131 Å². The zero-order valence-electron chi connectivity index (χ0n) is 32.3. The number of para-hydroxylation sites is 2. The van der Waals surface area contributed by atoms with Crippen molar-refractivity contribution in [2.45, 2.75) is 26.7 Å². The number of ketones is 2. The average Bonchev–Trinajstić information content (AvgIpc) is 3.23. The van der Waals surface area contributed by atoms with E-state index in [2.05, 4.69) is 26.6 Å². The number of halogens is 1. The Balaban J connectivity index is 0.000000214. The van der Waals surface area contributed by atoms with Crippen molar-refractivity contribution in [3.05, 3.63) is 183 Å². The largest absolute Gasteiger partial charge is 0.488 e. The fourth-order valence-electron chi connectivity index (χ4n) is 5.78. The third-order valence-corrected chi connectivity index (χ3v) is 9.91. The second kappa shape index (κ2) is 22.4. The first-order chi connectivity index (χ1) is 27.8. The average molecular weight is 842 g/mol. The molecule has 8 N–H and O–H groups in total. The molecule has 0 bridgehead atoms. The number of amides is 2. The van der Waals surface area contributed by atoms with Crippen molar-refractivity contribution in [1.29, 1.82) is 0 Å². The van der Waals surface area contributed by atoms with E-state index in [0.29, 0.717) is 28.0 Å². The maximum atomic E-state index is 12.6. The molecule has 0 aromatic heterocycles. The molecule has 0 aliphatic heterocycles. The Kier molecular flexibility index (Phi) is 17.2. The van der Waals surface area contributed by atoms with Gasteiger partial charge < -0.3 is 32.1 Å². The van der Waals surface area contributed by atoms with E-state index in [9.17, 15) is 19.2 Å². The van der Waals surface area contributed by atoms with Gasteiger partial charge in [-0.3, -0.25) is 19.2 Å². The number of nitrogens with one attached hydrogen (secondary N) is 2. The van der Waals surface area contributed by atoms with E-state index in [0.717, 1.165) is 37.9 Å². The van der Waals surface area contributed by atoms with Gasteiger partial charge >= 0.3 is 7.12 Å². The molecule has 0 spiro atoms. The molecule has 6 rings (SSSR count). The van der Waals surface area contributed by atoms with Crippen molar-refractivity contribution in [1.82, 2.24) is 10.6 Å². The Morgan fingerprint density at radius 1 is 0.552 bits per heavy atom. The van der Waals surface area contributed by atoms with Crippen LogP contribution in [0.2, 0.25) is 0 Å². The van der Waals surface area contributed by atoms with Gasteiger partial charge in [0.05, 0.1) is 13.1 Å². The molecule has 0 aliphatic rings. The fraction of sp³-hybridized carbons (Fsp3) is 0.130. The normalized spacial score (nSPS) is 10.2. The molecule has 296 valence electrons. The predicted molar refractivity (Wildman–Crippen MR) is 236 cm³/mol. The van der Waals surface area contributed by atoms with Crippen molar-refractivity contribution in [2.24, 2.45) is 0 Å². The van der Waals surface area contributed by atoms with Crippen LogP contribution in [0, 0.1) is 13.8 Å². The summed E-state index contributed by atoms with van der Waals surface area (Å²) in [5.74, 6) is -0.676. The van der Waals surface area contributed by atoms with Crippen LogP contribution in [0.5, 0.6) is 0 Å². The lowest BCUT2D eigenvalue weighted by Gasteiger charge is -2.12. The van der Waals surface area contributed by atoms with Crippen molar-refractivity contribution in [2.75, 3.05) is 24.6 Å². The van der Waals surface area contributed by atoms with Gasteiger partial charge in [-0.2, -0.15) is 0 Å². The first kappa shape index (κ1) is 44.4. The monoisotopic (exact) mass is 840 g/mol. The highest BCUT2D eigenvalue weighted by Gasteiger charge is 2.15. The SMILES string of the molecule is Cc1c(Br)cccc1C(=O)NCC(=O)Cc1ccccc1N.Cc1c(C(=O)NCC(=O)Cc2ccccc2N)cccc1-c1ccccc1.OB(O)c1ccccc1. The van der Waals surface area contributed by atoms with Crippen LogP contribution in [-0.4, -0.2) is 53.6 Å². The van der Waals surface area contributed by atoms with E-state index in [4.69, 9.17) is 21.5 Å². The van der Waals surface area contributed by atoms with Crippen molar-refractivity contribution < 1.29 is 29.2 Å². The third kappa shape index (κ3) is 13.4. The van der Waals surface area contributed by atoms with Gasteiger partial charge in [-0.15, -0.1) is 0 Å². The molecule has 6 aromatic carbocycles. The van der Waals surface area contributed by atoms with E-state index >= 15 is 0 Å². The quantitative estimate of drug-likeness (QED) is 0.0637. The van der Waals surface area contributed by atoms with Crippen molar-refractivity contribution in [3.63, 3.8) is 0 Å². The van der Waals surface area contributed by atoms with Crippen molar-refractivity contribution in [3.8, 4) is 11.1 Å². The Morgan fingerprint density at radius 2 is 0.983 bits per heavy atom. The number of nitrogens with two attached hydrogens (primary N) is 2. The topological polar surface area (TPSA) is 185 Å². The zero-order chi connectivity index (χ0) is 42.0. The highest BCUT2D eigenvalue weighted by Crippen LogP contribution is 2.25.